The summed E-state index contributed by atoms with van der Waals surface area (Å²) in [6, 6.07) is 3.97. The maximum atomic E-state index is 13.9. The Bertz CT molecular complexity index is 1180. The van der Waals surface area contributed by atoms with Crippen molar-refractivity contribution in [1.29, 1.82) is 0 Å². The molecule has 0 radical (unpaired) electrons. The number of aromatic nitrogens is 4. The molecule has 0 bridgehead atoms. The molecule has 33 heavy (non-hydrogen) atoms. The normalized spacial score (nSPS) is 25.6. The van der Waals surface area contributed by atoms with Gasteiger partial charge in [0.1, 0.15) is 18.2 Å². The van der Waals surface area contributed by atoms with E-state index < -0.39 is 36.2 Å². The number of nitrogens with zero attached hydrogens (tertiary/aromatic N) is 4. The number of carbonyl (C=O) groups excluding carboxylic acids is 1. The Hall–Kier alpha value is -3.11. The van der Waals surface area contributed by atoms with Gasteiger partial charge in [-0.25, -0.2) is 19.3 Å². The number of hydrogen-bond donors (Lipinski definition) is 3. The summed E-state index contributed by atoms with van der Waals surface area (Å²) < 4.78 is 21.5. The number of hydrogen-bond acceptors (Lipinski definition) is 7. The number of aliphatic hydroxyl groups excluding tert-OH is 1. The molecule has 3 N–H and O–H groups in total. The second kappa shape index (κ2) is 8.68. The van der Waals surface area contributed by atoms with Crippen LogP contribution in [0.3, 0.4) is 0 Å². The van der Waals surface area contributed by atoms with E-state index in [1.54, 1.807) is 36.9 Å². The molecule has 0 unspecified atom stereocenters. The zero-order chi connectivity index (χ0) is 23.1. The molecule has 5 rings (SSSR count). The average Bonchev–Trinajstić information content (AvgIpc) is 3.52. The number of imidazole rings is 1. The zero-order valence-corrected chi connectivity index (χ0v) is 18.5. The Morgan fingerprint density at radius 3 is 2.79 bits per heavy atom. The number of ether oxygens (including phenoxy) is 1. The molecule has 174 valence electrons. The van der Waals surface area contributed by atoms with Gasteiger partial charge in [0, 0.05) is 11.6 Å². The van der Waals surface area contributed by atoms with E-state index in [1.165, 1.54) is 25.2 Å². The molecule has 2 aromatic heterocycles. The molecular weight excluding hydrogens is 427 g/mol. The van der Waals surface area contributed by atoms with E-state index in [-0.39, 0.29) is 5.56 Å². The number of nitrogens with one attached hydrogen (secondary N) is 2. The molecule has 1 saturated heterocycles. The van der Waals surface area contributed by atoms with Crippen molar-refractivity contribution >= 4 is 22.9 Å². The highest BCUT2D eigenvalue weighted by Gasteiger charge is 2.44. The smallest absolute Gasteiger partial charge is 0.251 e. The standard InChI is InChI=1S/C23H27FN6O3/c1-12-7-8-14(9-16(12)24)22(32)29-17-13(2)33-23(19(17)31)30-11-27-18-20(25-10-26-21(18)30)28-15-5-3-4-6-15/h7-11,13,15,17,19,23,31H,3-6H2,1-2H3,(H,29,32)(H,25,26,28)/t13-,17+,19-,23-/m1/s1. The fourth-order valence-corrected chi connectivity index (χ4v) is 4.65. The number of fused-ring (bicyclic) bond motifs is 1. The van der Waals surface area contributed by atoms with Crippen molar-refractivity contribution in [3.63, 3.8) is 0 Å². The highest BCUT2D eigenvalue weighted by molar-refractivity contribution is 5.94. The third kappa shape index (κ3) is 4.04. The lowest BCUT2D eigenvalue weighted by Crippen LogP contribution is -2.46. The minimum Gasteiger partial charge on any atom is -0.386 e. The van der Waals surface area contributed by atoms with Crippen LogP contribution >= 0.6 is 0 Å². The maximum absolute atomic E-state index is 13.9. The van der Waals surface area contributed by atoms with Gasteiger partial charge in [0.05, 0.1) is 18.5 Å². The van der Waals surface area contributed by atoms with Crippen molar-refractivity contribution in [1.82, 2.24) is 24.8 Å². The molecule has 3 heterocycles. The first-order valence-corrected chi connectivity index (χ1v) is 11.3. The van der Waals surface area contributed by atoms with Crippen molar-refractivity contribution in [3.8, 4) is 0 Å². The first-order chi connectivity index (χ1) is 15.9. The SMILES string of the molecule is Cc1ccc(C(=O)N[C@@H]2[C@@H](O)[C@H](n3cnc4c(NC5CCCC5)ncnc43)O[C@@H]2C)cc1F. The van der Waals surface area contributed by atoms with Crippen LogP contribution in [0.15, 0.2) is 30.9 Å². The maximum Gasteiger partial charge on any atom is 0.251 e. The highest BCUT2D eigenvalue weighted by Crippen LogP contribution is 2.33. The monoisotopic (exact) mass is 454 g/mol. The zero-order valence-electron chi connectivity index (χ0n) is 18.5. The lowest BCUT2D eigenvalue weighted by atomic mass is 10.1. The van der Waals surface area contributed by atoms with Gasteiger partial charge >= 0.3 is 0 Å². The van der Waals surface area contributed by atoms with Crippen molar-refractivity contribution < 1.29 is 19.0 Å². The highest BCUT2D eigenvalue weighted by atomic mass is 19.1. The van der Waals surface area contributed by atoms with E-state index in [0.29, 0.717) is 28.6 Å². The van der Waals surface area contributed by atoms with E-state index >= 15 is 0 Å². The fourth-order valence-electron chi connectivity index (χ4n) is 4.65. The van der Waals surface area contributed by atoms with Crippen LogP contribution in [-0.4, -0.2) is 54.8 Å². The van der Waals surface area contributed by atoms with E-state index in [9.17, 15) is 14.3 Å². The summed E-state index contributed by atoms with van der Waals surface area (Å²) in [5, 5.41) is 17.3. The fraction of sp³-hybridized carbons (Fsp3) is 0.478. The Labute approximate surface area is 190 Å². The second-order valence-electron chi connectivity index (χ2n) is 8.86. The number of benzene rings is 1. The van der Waals surface area contributed by atoms with Gasteiger partial charge in [-0.15, -0.1) is 0 Å². The number of rotatable bonds is 5. The molecule has 0 spiro atoms. The Morgan fingerprint density at radius 2 is 2.03 bits per heavy atom. The van der Waals surface area contributed by atoms with Gasteiger partial charge in [-0.3, -0.25) is 9.36 Å². The molecular formula is C23H27FN6O3. The lowest BCUT2D eigenvalue weighted by Gasteiger charge is -2.20. The number of anilines is 1. The summed E-state index contributed by atoms with van der Waals surface area (Å²) in [6.07, 6.45) is 5.29. The van der Waals surface area contributed by atoms with Gasteiger partial charge in [0.2, 0.25) is 0 Å². The summed E-state index contributed by atoms with van der Waals surface area (Å²) in [7, 11) is 0. The summed E-state index contributed by atoms with van der Waals surface area (Å²) in [6.45, 7) is 3.40. The van der Waals surface area contributed by atoms with Crippen LogP contribution in [0.5, 0.6) is 0 Å². The largest absolute Gasteiger partial charge is 0.386 e. The first kappa shape index (κ1) is 21.7. The minimum absolute atomic E-state index is 0.185. The van der Waals surface area contributed by atoms with Crippen LogP contribution in [0.25, 0.3) is 11.2 Å². The van der Waals surface area contributed by atoms with E-state index in [4.69, 9.17) is 4.74 Å². The summed E-state index contributed by atoms with van der Waals surface area (Å²) in [5.74, 6) is -0.268. The molecule has 3 aromatic rings. The van der Waals surface area contributed by atoms with Crippen LogP contribution in [0.4, 0.5) is 10.2 Å². The predicted molar refractivity (Wildman–Crippen MR) is 119 cm³/mol. The molecule has 4 atom stereocenters. The van der Waals surface area contributed by atoms with Crippen LogP contribution < -0.4 is 10.6 Å². The van der Waals surface area contributed by atoms with Gasteiger partial charge in [0.25, 0.3) is 5.91 Å². The number of aliphatic hydroxyl groups is 1. The summed E-state index contributed by atoms with van der Waals surface area (Å²) in [5.41, 5.74) is 1.79. The van der Waals surface area contributed by atoms with Gasteiger partial charge in [0.15, 0.2) is 23.2 Å². The van der Waals surface area contributed by atoms with Gasteiger partial charge in [-0.1, -0.05) is 18.9 Å². The van der Waals surface area contributed by atoms with Gasteiger partial charge < -0.3 is 20.5 Å². The van der Waals surface area contributed by atoms with Gasteiger partial charge in [-0.2, -0.15) is 0 Å². The summed E-state index contributed by atoms with van der Waals surface area (Å²) in [4.78, 5) is 25.9. The molecule has 10 heteroatoms. The molecule has 1 amide bonds. The minimum atomic E-state index is -1.06. The van der Waals surface area contributed by atoms with E-state index in [1.807, 2.05) is 0 Å². The van der Waals surface area contributed by atoms with Crippen LogP contribution in [0.2, 0.25) is 0 Å². The van der Waals surface area contributed by atoms with Crippen molar-refractivity contribution in [2.24, 2.45) is 0 Å². The van der Waals surface area contributed by atoms with Crippen molar-refractivity contribution in [2.45, 2.75) is 70.1 Å². The van der Waals surface area contributed by atoms with Gasteiger partial charge in [-0.05, 0) is 44.4 Å². The Kier molecular flexibility index (Phi) is 5.71. The molecule has 1 aliphatic heterocycles. The molecule has 2 aliphatic rings. The third-order valence-corrected chi connectivity index (χ3v) is 6.58. The van der Waals surface area contributed by atoms with E-state index in [0.717, 1.165) is 12.8 Å². The number of carbonyl (C=O) groups is 1. The quantitative estimate of drug-likeness (QED) is 0.543. The van der Waals surface area contributed by atoms with Crippen molar-refractivity contribution in [3.05, 3.63) is 47.8 Å². The van der Waals surface area contributed by atoms with Crippen molar-refractivity contribution in [2.75, 3.05) is 5.32 Å². The molecule has 1 aromatic carbocycles. The Balaban J connectivity index is 1.36. The number of amides is 1. The van der Waals surface area contributed by atoms with Crippen LogP contribution in [0, 0.1) is 12.7 Å². The molecule has 1 saturated carbocycles. The first-order valence-electron chi connectivity index (χ1n) is 11.3. The summed E-state index contributed by atoms with van der Waals surface area (Å²) >= 11 is 0. The van der Waals surface area contributed by atoms with E-state index in [2.05, 4.69) is 25.6 Å². The molecule has 9 nitrogen and oxygen atoms in total. The average molecular weight is 455 g/mol. The van der Waals surface area contributed by atoms with Crippen LogP contribution in [0.1, 0.15) is 54.8 Å². The number of aryl methyl sites for hydroxylation is 1. The Morgan fingerprint density at radius 1 is 1.24 bits per heavy atom. The molecule has 2 fully saturated rings. The molecule has 1 aliphatic carbocycles. The number of halogens is 1. The van der Waals surface area contributed by atoms with Crippen LogP contribution in [-0.2, 0) is 4.74 Å². The lowest BCUT2D eigenvalue weighted by molar-refractivity contribution is -0.0297. The topological polar surface area (TPSA) is 114 Å². The second-order valence-corrected chi connectivity index (χ2v) is 8.86. The predicted octanol–water partition coefficient (Wildman–Crippen LogP) is 2.71. The third-order valence-electron chi connectivity index (χ3n) is 6.58.